The Labute approximate surface area is 202 Å². The zero-order chi connectivity index (χ0) is 25.6. The molecule has 1 aromatic carbocycles. The van der Waals surface area contributed by atoms with Crippen LogP contribution in [0, 0.1) is 0 Å². The van der Waals surface area contributed by atoms with E-state index in [4.69, 9.17) is 16.0 Å². The van der Waals surface area contributed by atoms with Crippen molar-refractivity contribution in [2.45, 2.75) is 57.3 Å². The number of rotatable bonds is 5. The molecule has 0 aliphatic carbocycles. The van der Waals surface area contributed by atoms with Gasteiger partial charge in [-0.05, 0) is 63.9 Å². The lowest BCUT2D eigenvalue weighted by atomic mass is 9.99. The van der Waals surface area contributed by atoms with Crippen LogP contribution in [-0.4, -0.2) is 19.5 Å². The van der Waals surface area contributed by atoms with E-state index in [1.807, 2.05) is 33.9 Å². The monoisotopic (exact) mass is 577 g/mol. The van der Waals surface area contributed by atoms with Gasteiger partial charge in [0.05, 0.1) is 33.3 Å². The van der Waals surface area contributed by atoms with E-state index < -0.39 is 43.4 Å². The smallest absolute Gasteiger partial charge is 0.414 e. The highest BCUT2D eigenvalue weighted by atomic mass is 79.9. The molecule has 3 nitrogen and oxygen atoms in total. The number of benzene rings is 1. The molecule has 1 atom stereocenters. The molecule has 0 aliphatic rings. The fourth-order valence-corrected chi connectivity index (χ4v) is 4.58. The Hall–Kier alpha value is -1.30. The second-order valence-electron chi connectivity index (χ2n) is 9.15. The van der Waals surface area contributed by atoms with Crippen molar-refractivity contribution in [2.75, 3.05) is 6.61 Å². The average Bonchev–Trinajstić information content (AvgIpc) is 2.63. The summed E-state index contributed by atoms with van der Waals surface area (Å²) < 4.78 is 87.8. The molecule has 0 fully saturated rings. The number of hydrogen-bond donors (Lipinski definition) is 0. The molecule has 184 valence electrons. The molecule has 0 N–H and O–H groups in total. The Balaban J connectivity index is 2.77. The highest BCUT2D eigenvalue weighted by molar-refractivity contribution is 9.10. The number of pyridine rings is 1. The van der Waals surface area contributed by atoms with Crippen molar-refractivity contribution in [3.8, 4) is 0 Å². The number of hydrogen-bond acceptors (Lipinski definition) is 2. The quantitative estimate of drug-likeness (QED) is 0.267. The molecule has 0 bridgehead atoms. The molecule has 0 amide bonds. The minimum Gasteiger partial charge on any atom is -0.414 e. The van der Waals surface area contributed by atoms with E-state index in [1.54, 1.807) is 0 Å². The zero-order valence-corrected chi connectivity index (χ0v) is 21.8. The van der Waals surface area contributed by atoms with Gasteiger partial charge < -0.3 is 8.99 Å². The van der Waals surface area contributed by atoms with Crippen molar-refractivity contribution >= 4 is 35.8 Å². The third kappa shape index (κ3) is 6.64. The van der Waals surface area contributed by atoms with Gasteiger partial charge in [0.2, 0.25) is 0 Å². The van der Waals surface area contributed by atoms with Crippen molar-refractivity contribution in [1.82, 2.24) is 4.57 Å². The number of nitrogens with zero attached hydrogens (tertiary/aromatic N) is 1. The van der Waals surface area contributed by atoms with Crippen LogP contribution in [0.15, 0.2) is 39.7 Å². The number of halogens is 8. The van der Waals surface area contributed by atoms with Crippen LogP contribution >= 0.6 is 27.5 Å². The van der Waals surface area contributed by atoms with Gasteiger partial charge in [0.15, 0.2) is 8.32 Å². The molecule has 2 rings (SSSR count). The van der Waals surface area contributed by atoms with Crippen LogP contribution < -0.4 is 5.56 Å². The van der Waals surface area contributed by atoms with Gasteiger partial charge in [-0.2, -0.15) is 26.3 Å². The molecule has 2 aromatic rings. The Kier molecular flexibility index (Phi) is 7.95. The van der Waals surface area contributed by atoms with E-state index in [0.717, 1.165) is 4.57 Å². The van der Waals surface area contributed by atoms with Gasteiger partial charge in [0.1, 0.15) is 0 Å². The van der Waals surface area contributed by atoms with Gasteiger partial charge in [-0.25, -0.2) is 0 Å². The van der Waals surface area contributed by atoms with E-state index in [1.165, 1.54) is 12.3 Å². The Morgan fingerprint density at radius 1 is 1.00 bits per heavy atom. The molecule has 12 heteroatoms. The molecule has 1 aromatic heterocycles. The summed E-state index contributed by atoms with van der Waals surface area (Å²) in [7, 11) is -2.48. The molecule has 0 radical (unpaired) electrons. The summed E-state index contributed by atoms with van der Waals surface area (Å²) >= 11 is 9.08. The third-order valence-electron chi connectivity index (χ3n) is 5.70. The van der Waals surface area contributed by atoms with Gasteiger partial charge in [-0.1, -0.05) is 32.4 Å². The fourth-order valence-electron chi connectivity index (χ4n) is 2.78. The normalized spacial score (nSPS) is 14.5. The molecule has 1 unspecified atom stereocenters. The van der Waals surface area contributed by atoms with Crippen LogP contribution in [0.2, 0.25) is 23.2 Å². The van der Waals surface area contributed by atoms with E-state index in [0.29, 0.717) is 12.1 Å². The summed E-state index contributed by atoms with van der Waals surface area (Å²) in [5.41, 5.74) is -3.99. The SMILES string of the molecule is CC(C)(C)[Si](C)(C)OCC(c1cc(C(F)(F)F)cc(C(F)(F)F)c1)n1cc(Cl)cc(Br)c1=O. The van der Waals surface area contributed by atoms with Crippen molar-refractivity contribution < 1.29 is 30.8 Å². The van der Waals surface area contributed by atoms with Crippen molar-refractivity contribution in [1.29, 1.82) is 0 Å². The highest BCUT2D eigenvalue weighted by Crippen LogP contribution is 2.40. The number of aromatic nitrogens is 1. The first-order valence-electron chi connectivity index (χ1n) is 9.74. The molecule has 0 aliphatic heterocycles. The molecular weight excluding hydrogens is 556 g/mol. The lowest BCUT2D eigenvalue weighted by molar-refractivity contribution is -0.143. The maximum absolute atomic E-state index is 13.5. The topological polar surface area (TPSA) is 31.2 Å². The first kappa shape index (κ1) is 27.9. The lowest BCUT2D eigenvalue weighted by Crippen LogP contribution is -2.43. The molecular formula is C21H23BrClF6NO2Si. The van der Waals surface area contributed by atoms with E-state index in [-0.39, 0.29) is 32.8 Å². The molecule has 0 spiro atoms. The van der Waals surface area contributed by atoms with Gasteiger partial charge in [0, 0.05) is 6.20 Å². The Morgan fingerprint density at radius 3 is 1.91 bits per heavy atom. The van der Waals surface area contributed by atoms with Crippen LogP contribution in [0.1, 0.15) is 43.5 Å². The Morgan fingerprint density at radius 2 is 1.48 bits per heavy atom. The summed E-state index contributed by atoms with van der Waals surface area (Å²) in [6.45, 7) is 9.25. The van der Waals surface area contributed by atoms with Gasteiger partial charge in [-0.3, -0.25) is 4.79 Å². The molecule has 0 saturated carbocycles. The van der Waals surface area contributed by atoms with Crippen LogP contribution in [0.3, 0.4) is 0 Å². The largest absolute Gasteiger partial charge is 0.416 e. The van der Waals surface area contributed by atoms with E-state index in [2.05, 4.69) is 15.9 Å². The predicted octanol–water partition coefficient (Wildman–Crippen LogP) is 7.91. The molecule has 1 heterocycles. The average molecular weight is 579 g/mol. The van der Waals surface area contributed by atoms with Gasteiger partial charge in [-0.15, -0.1) is 0 Å². The maximum atomic E-state index is 13.5. The highest BCUT2D eigenvalue weighted by Gasteiger charge is 2.40. The van der Waals surface area contributed by atoms with Crippen molar-refractivity contribution in [2.24, 2.45) is 0 Å². The molecule has 33 heavy (non-hydrogen) atoms. The van der Waals surface area contributed by atoms with Crippen LogP contribution in [-0.2, 0) is 16.8 Å². The van der Waals surface area contributed by atoms with Crippen molar-refractivity contribution in [3.63, 3.8) is 0 Å². The fraction of sp³-hybridized carbons (Fsp3) is 0.476. The lowest BCUT2D eigenvalue weighted by Gasteiger charge is -2.37. The van der Waals surface area contributed by atoms with Crippen LogP contribution in [0.5, 0.6) is 0 Å². The summed E-state index contributed by atoms with van der Waals surface area (Å²) in [6.07, 6.45) is -8.89. The minimum absolute atomic E-state index is 0.00958. The first-order chi connectivity index (χ1) is 14.7. The maximum Gasteiger partial charge on any atom is 0.416 e. The molecule has 0 saturated heterocycles. The van der Waals surface area contributed by atoms with Crippen LogP contribution in [0.25, 0.3) is 0 Å². The van der Waals surface area contributed by atoms with E-state index in [9.17, 15) is 31.1 Å². The third-order valence-corrected chi connectivity index (χ3v) is 11.0. The summed E-state index contributed by atoms with van der Waals surface area (Å²) in [4.78, 5) is 12.8. The van der Waals surface area contributed by atoms with Gasteiger partial charge in [0.25, 0.3) is 5.56 Å². The van der Waals surface area contributed by atoms with Gasteiger partial charge >= 0.3 is 12.4 Å². The summed E-state index contributed by atoms with van der Waals surface area (Å²) in [5, 5.41) is -0.218. The standard InChI is InChI=1S/C21H23BrClF6NO2Si/c1-19(2,3)33(4,5)32-11-17(30-10-15(23)9-16(22)18(30)31)12-6-13(20(24,25)26)8-14(7-12)21(27,28)29/h6-10,17H,11H2,1-5H3. The van der Waals surface area contributed by atoms with E-state index >= 15 is 0 Å². The minimum atomic E-state index is -5.03. The Bertz CT molecular complexity index is 1040. The summed E-state index contributed by atoms with van der Waals surface area (Å²) in [6, 6.07) is 1.27. The predicted molar refractivity (Wildman–Crippen MR) is 121 cm³/mol. The second-order valence-corrected chi connectivity index (χ2v) is 15.2. The zero-order valence-electron chi connectivity index (χ0n) is 18.5. The first-order valence-corrected chi connectivity index (χ1v) is 13.8. The van der Waals surface area contributed by atoms with Crippen molar-refractivity contribution in [3.05, 3.63) is 67.0 Å². The second kappa shape index (κ2) is 9.39. The summed E-state index contributed by atoms with van der Waals surface area (Å²) in [5.74, 6) is 0. The van der Waals surface area contributed by atoms with Crippen LogP contribution in [0.4, 0.5) is 26.3 Å². The number of alkyl halides is 6.